The van der Waals surface area contributed by atoms with Gasteiger partial charge >= 0.3 is 6.18 Å². The van der Waals surface area contributed by atoms with Gasteiger partial charge in [-0.3, -0.25) is 4.98 Å². The molecule has 27 heavy (non-hydrogen) atoms. The van der Waals surface area contributed by atoms with Crippen molar-refractivity contribution in [2.75, 3.05) is 0 Å². The van der Waals surface area contributed by atoms with Crippen LogP contribution in [0.1, 0.15) is 40.2 Å². The molecule has 1 heterocycles. The molecule has 0 bridgehead atoms. The fraction of sp³-hybridized carbons (Fsp3) is 0.182. The Morgan fingerprint density at radius 3 is 2.37 bits per heavy atom. The van der Waals surface area contributed by atoms with Crippen LogP contribution in [0, 0.1) is 31.9 Å². The molecule has 2 aromatic carbocycles. The van der Waals surface area contributed by atoms with Gasteiger partial charge in [0.15, 0.2) is 0 Å². The van der Waals surface area contributed by atoms with Crippen molar-refractivity contribution in [3.63, 3.8) is 0 Å². The molecular formula is C22H17F3N2. The summed E-state index contributed by atoms with van der Waals surface area (Å²) < 4.78 is 111. The van der Waals surface area contributed by atoms with Gasteiger partial charge in [-0.15, -0.1) is 0 Å². The summed E-state index contributed by atoms with van der Waals surface area (Å²) >= 11 is 0. The van der Waals surface area contributed by atoms with Crippen LogP contribution in [0.3, 0.4) is 0 Å². The lowest BCUT2D eigenvalue weighted by molar-refractivity contribution is -0.137. The first-order chi connectivity index (χ1) is 16.3. The minimum Gasteiger partial charge on any atom is -0.256 e. The first-order valence-corrected chi connectivity index (χ1v) is 7.61. The van der Waals surface area contributed by atoms with Gasteiger partial charge in [0.1, 0.15) is 0 Å². The minimum absolute atomic E-state index is 0.0677. The molecule has 0 saturated heterocycles. The number of aryl methyl sites for hydroxylation is 3. The largest absolute Gasteiger partial charge is 0.417 e. The maximum atomic E-state index is 13.9. The Labute approximate surface area is 168 Å². The van der Waals surface area contributed by atoms with Crippen LogP contribution in [0.2, 0.25) is 0 Å². The highest BCUT2D eigenvalue weighted by atomic mass is 19.4. The molecule has 0 spiro atoms. The van der Waals surface area contributed by atoms with E-state index in [-0.39, 0.29) is 22.4 Å². The highest BCUT2D eigenvalue weighted by molar-refractivity contribution is 5.77. The molecule has 0 unspecified atom stereocenters. The van der Waals surface area contributed by atoms with Crippen molar-refractivity contribution in [2.24, 2.45) is 0 Å². The van der Waals surface area contributed by atoms with Crippen LogP contribution in [0.5, 0.6) is 0 Å². The van der Waals surface area contributed by atoms with Crippen molar-refractivity contribution in [3.05, 3.63) is 76.5 Å². The third-order valence-electron chi connectivity index (χ3n) is 3.96. The normalized spacial score (nSPS) is 17.6. The Bertz CT molecular complexity index is 1350. The van der Waals surface area contributed by atoms with Crippen LogP contribution >= 0.6 is 0 Å². The van der Waals surface area contributed by atoms with E-state index in [0.29, 0.717) is 6.07 Å². The molecule has 3 aromatic rings. The highest BCUT2D eigenvalue weighted by Gasteiger charge is 2.34. The monoisotopic (exact) mass is 375 g/mol. The molecule has 0 radical (unpaired) electrons. The van der Waals surface area contributed by atoms with Gasteiger partial charge in [-0.25, -0.2) is 0 Å². The van der Waals surface area contributed by atoms with E-state index in [0.717, 1.165) is 36.5 Å². The van der Waals surface area contributed by atoms with Crippen molar-refractivity contribution in [3.8, 4) is 28.5 Å². The second-order valence-electron chi connectivity index (χ2n) is 5.75. The summed E-state index contributed by atoms with van der Waals surface area (Å²) in [5.74, 6) is 0. The minimum atomic E-state index is -4.92. The number of rotatable bonds is 2. The number of nitrogens with zero attached hydrogens (tertiary/aromatic N) is 2. The molecule has 0 aliphatic carbocycles. The first kappa shape index (κ1) is 10.3. The van der Waals surface area contributed by atoms with Crippen molar-refractivity contribution >= 4 is 0 Å². The highest BCUT2D eigenvalue weighted by Crippen LogP contribution is 2.39. The number of pyridine rings is 1. The zero-order valence-electron chi connectivity index (χ0n) is 22.6. The quantitative estimate of drug-likeness (QED) is 0.532. The van der Waals surface area contributed by atoms with E-state index in [9.17, 15) is 13.2 Å². The Morgan fingerprint density at radius 2 is 1.70 bits per heavy atom. The summed E-state index contributed by atoms with van der Waals surface area (Å²) in [6, 6.07) is 8.82. The lowest BCUT2D eigenvalue weighted by Gasteiger charge is -2.16. The molecule has 0 N–H and O–H groups in total. The second kappa shape index (κ2) is 6.88. The van der Waals surface area contributed by atoms with Crippen LogP contribution in [0.25, 0.3) is 22.4 Å². The summed E-state index contributed by atoms with van der Waals surface area (Å²) in [7, 11) is 0. The number of nitriles is 1. The van der Waals surface area contributed by atoms with Gasteiger partial charge in [0.2, 0.25) is 0 Å². The third kappa shape index (κ3) is 3.70. The number of benzene rings is 2. The predicted molar refractivity (Wildman–Crippen MR) is 99.0 cm³/mol. The number of alkyl halides is 3. The van der Waals surface area contributed by atoms with Gasteiger partial charge in [-0.2, -0.15) is 18.4 Å². The number of aromatic nitrogens is 1. The van der Waals surface area contributed by atoms with Crippen LogP contribution in [-0.4, -0.2) is 4.98 Å². The molecule has 1 aromatic heterocycles. The van der Waals surface area contributed by atoms with E-state index in [1.807, 2.05) is 0 Å². The van der Waals surface area contributed by atoms with E-state index >= 15 is 0 Å². The number of hydrogen-bond donors (Lipinski definition) is 0. The molecule has 136 valence electrons. The van der Waals surface area contributed by atoms with Crippen LogP contribution in [0.4, 0.5) is 13.2 Å². The fourth-order valence-electron chi connectivity index (χ4n) is 2.62. The summed E-state index contributed by atoms with van der Waals surface area (Å²) in [5, 5.41) is 9.04. The van der Waals surface area contributed by atoms with Gasteiger partial charge in [0.05, 0.1) is 22.9 Å². The molecule has 3 rings (SSSR count). The van der Waals surface area contributed by atoms with Gasteiger partial charge in [0, 0.05) is 24.1 Å². The van der Waals surface area contributed by atoms with Crippen molar-refractivity contribution in [1.82, 2.24) is 4.98 Å². The standard InChI is InChI=1S/C22H17F3N2/c1-13-4-6-17(21-8-14(2)15(3)12-27-21)10-19(13)18-7-5-16(11-26)9-20(18)22(23,24)25/h4-10,12H,1-3H3/i1D3,2D3,3D3. The maximum Gasteiger partial charge on any atom is 0.417 e. The summed E-state index contributed by atoms with van der Waals surface area (Å²) in [6.07, 6.45) is -4.05. The van der Waals surface area contributed by atoms with Gasteiger partial charge in [-0.05, 0) is 72.6 Å². The summed E-state index contributed by atoms with van der Waals surface area (Å²) in [4.78, 5) is 4.00. The predicted octanol–water partition coefficient (Wildman–Crippen LogP) is 6.23. The van der Waals surface area contributed by atoms with E-state index in [1.165, 1.54) is 6.07 Å². The number of hydrogen-bond acceptors (Lipinski definition) is 2. The van der Waals surface area contributed by atoms with E-state index in [1.54, 1.807) is 6.07 Å². The first-order valence-electron chi connectivity index (χ1n) is 12.1. The Hall–Kier alpha value is -3.13. The molecule has 0 aliphatic heterocycles. The number of halogens is 3. The zero-order chi connectivity index (χ0) is 27.3. The SMILES string of the molecule is [2H]C([2H])([2H])c1ccc(-c2cc(C([2H])([2H])[2H])c(C([2H])([2H])[2H])cn2)cc1-c1ccc(C#N)cc1C(F)(F)F. The summed E-state index contributed by atoms with van der Waals surface area (Å²) in [6.45, 7) is -8.43. The fourth-order valence-corrected chi connectivity index (χ4v) is 2.62. The molecule has 2 nitrogen and oxygen atoms in total. The van der Waals surface area contributed by atoms with E-state index in [4.69, 9.17) is 17.6 Å². The van der Waals surface area contributed by atoms with Crippen molar-refractivity contribution in [1.29, 1.82) is 5.26 Å². The molecule has 0 amide bonds. The lowest BCUT2D eigenvalue weighted by Crippen LogP contribution is -2.08. The smallest absolute Gasteiger partial charge is 0.256 e. The average molecular weight is 375 g/mol. The Kier molecular flexibility index (Phi) is 2.62. The third-order valence-corrected chi connectivity index (χ3v) is 3.96. The molecular weight excluding hydrogens is 349 g/mol. The van der Waals surface area contributed by atoms with Crippen molar-refractivity contribution in [2.45, 2.75) is 26.7 Å². The molecule has 0 aliphatic rings. The van der Waals surface area contributed by atoms with Crippen LogP contribution in [0.15, 0.2) is 48.7 Å². The second-order valence-corrected chi connectivity index (χ2v) is 5.75. The molecule has 0 atom stereocenters. The maximum absolute atomic E-state index is 13.9. The van der Waals surface area contributed by atoms with Gasteiger partial charge in [0.25, 0.3) is 0 Å². The van der Waals surface area contributed by atoms with Gasteiger partial charge in [-0.1, -0.05) is 18.2 Å². The van der Waals surface area contributed by atoms with Crippen LogP contribution < -0.4 is 0 Å². The molecule has 0 saturated carbocycles. The topological polar surface area (TPSA) is 36.7 Å². The Balaban J connectivity index is 2.34. The Morgan fingerprint density at radius 1 is 0.926 bits per heavy atom. The molecule has 0 fully saturated rings. The van der Waals surface area contributed by atoms with E-state index in [2.05, 4.69) is 4.98 Å². The van der Waals surface area contributed by atoms with Crippen molar-refractivity contribution < 1.29 is 25.5 Å². The average Bonchev–Trinajstić information content (AvgIpc) is 2.75. The zero-order valence-corrected chi connectivity index (χ0v) is 13.6. The van der Waals surface area contributed by atoms with Crippen LogP contribution in [-0.2, 0) is 6.18 Å². The van der Waals surface area contributed by atoms with E-state index < -0.39 is 54.5 Å². The summed E-state index contributed by atoms with van der Waals surface area (Å²) in [5.41, 5.74) is -3.74. The van der Waals surface area contributed by atoms with Gasteiger partial charge < -0.3 is 0 Å². The molecule has 5 heteroatoms. The lowest BCUT2D eigenvalue weighted by atomic mass is 9.92.